The molecule has 0 saturated carbocycles. The number of aromatic hydroxyl groups is 3. The lowest BCUT2D eigenvalue weighted by Crippen LogP contribution is -2.43. The average Bonchev–Trinajstić information content (AvgIpc) is 2.88. The van der Waals surface area contributed by atoms with E-state index in [1.165, 1.54) is 16.7 Å². The van der Waals surface area contributed by atoms with Crippen LogP contribution in [0, 0.1) is 0 Å². The number of aromatic amines is 1. The van der Waals surface area contributed by atoms with Gasteiger partial charge < -0.3 is 56.3 Å². The minimum atomic E-state index is -0.464. The van der Waals surface area contributed by atoms with E-state index in [9.17, 15) is 39.3 Å². The van der Waals surface area contributed by atoms with E-state index in [2.05, 4.69) is 71.5 Å². The largest absolute Gasteiger partial charge is 0.508 e. The lowest BCUT2D eigenvalue weighted by Gasteiger charge is -2.26. The summed E-state index contributed by atoms with van der Waals surface area (Å²) in [6.07, 6.45) is 6.21. The van der Waals surface area contributed by atoms with Crippen LogP contribution in [0.25, 0.3) is 0 Å². The number of H-pyrrole nitrogens is 1. The van der Waals surface area contributed by atoms with E-state index < -0.39 is 21.7 Å². The fourth-order valence-corrected chi connectivity index (χ4v) is 10.6. The predicted molar refractivity (Wildman–Crippen MR) is 350 cm³/mol. The molecule has 9 rings (SSSR count). The minimum Gasteiger partial charge on any atom is -0.508 e. The molecule has 9 aromatic rings. The van der Waals surface area contributed by atoms with E-state index in [4.69, 9.17) is 0 Å². The van der Waals surface area contributed by atoms with Crippen molar-refractivity contribution >= 4 is 34.1 Å². The summed E-state index contributed by atoms with van der Waals surface area (Å²) in [5.41, 5.74) is 7.28. The second-order valence-electron chi connectivity index (χ2n) is 22.5. The molecule has 0 aliphatic heterocycles. The van der Waals surface area contributed by atoms with Gasteiger partial charge in [-0.15, -0.1) is 0 Å². The molecule has 0 unspecified atom stereocenters. The maximum Gasteiger partial charge on any atom is 0.253 e. The molecule has 2 heterocycles. The van der Waals surface area contributed by atoms with Crippen LogP contribution in [0.3, 0.4) is 0 Å². The standard InChI is InChI=1S/C23H27N3O3.C23H27N3O2.C22H27N3O3S/c1-26(2)18(14-17-8-10-19(27)11-9-17)15-25-21-20(22(28)23(21)29)24-13-12-16-6-4-3-5-7-16;1-26(2)20(15-18-8-11-21(27)12-9-18)10-13-22-24-19(16-23(28)25-22)14-17-6-4-3-5-7-17;1-14(10-16-8-9-29-13-16)24-20-19(21(27)22(20)28)23-12-17(25(2)3)11-15-4-6-18(26)7-5-15/h3-11,18,24-25,27H,12-15H2,1-2H3;3-9,11-12,16,20,27H,10,13-15H2,1-2H3,(H,24,25,28);4-9,13-14,17,23-24,26H,10-12H2,1-3H3/t18-;20-;14-,17-/m010/s1. The van der Waals surface area contributed by atoms with Crippen molar-refractivity contribution in [3.8, 4) is 17.2 Å². The van der Waals surface area contributed by atoms with Gasteiger partial charge in [-0.3, -0.25) is 24.0 Å². The lowest BCUT2D eigenvalue weighted by atomic mass is 10.0. The summed E-state index contributed by atoms with van der Waals surface area (Å²) in [4.78, 5) is 74.1. The summed E-state index contributed by atoms with van der Waals surface area (Å²) in [5, 5.41) is 45.1. The van der Waals surface area contributed by atoms with Crippen LogP contribution in [0.4, 0.5) is 22.7 Å². The first-order valence-electron chi connectivity index (χ1n) is 29.0. The molecule has 18 heteroatoms. The Bertz CT molecular complexity index is 3690. The van der Waals surface area contributed by atoms with Crippen LogP contribution in [0.5, 0.6) is 17.2 Å². The van der Waals surface area contributed by atoms with Gasteiger partial charge in [-0.25, -0.2) is 4.98 Å². The van der Waals surface area contributed by atoms with Gasteiger partial charge in [-0.1, -0.05) is 97.1 Å². The number of nitrogens with zero attached hydrogens (tertiary/aromatic N) is 4. The summed E-state index contributed by atoms with van der Waals surface area (Å²) in [6.45, 7) is 3.67. The van der Waals surface area contributed by atoms with E-state index in [1.54, 1.807) is 53.8 Å². The number of thiophene rings is 1. The molecular formula is C68H81N9O8S. The lowest BCUT2D eigenvalue weighted by molar-refractivity contribution is 0.275. The first-order chi connectivity index (χ1) is 41.3. The summed E-state index contributed by atoms with van der Waals surface area (Å²) in [7, 11) is 12.1. The highest BCUT2D eigenvalue weighted by Gasteiger charge is 2.25. The van der Waals surface area contributed by atoms with Gasteiger partial charge in [0.25, 0.3) is 27.3 Å². The number of phenols is 3. The third-order valence-electron chi connectivity index (χ3n) is 15.1. The molecule has 0 bridgehead atoms. The highest BCUT2D eigenvalue weighted by Crippen LogP contribution is 2.22. The van der Waals surface area contributed by atoms with E-state index in [0.717, 1.165) is 66.7 Å². The van der Waals surface area contributed by atoms with Crippen molar-refractivity contribution in [1.82, 2.24) is 24.7 Å². The number of anilines is 4. The average molecular weight is 1180 g/mol. The van der Waals surface area contributed by atoms with Crippen LogP contribution in [0.2, 0.25) is 0 Å². The van der Waals surface area contributed by atoms with Gasteiger partial charge in [-0.05, 0) is 174 Å². The van der Waals surface area contributed by atoms with Crippen LogP contribution < -0.4 is 48.5 Å². The SMILES string of the molecule is CN(C)[C@H](CCc1nc(Cc2ccccc2)cc(=O)[nH]1)Cc1ccc(O)cc1.CN(C)[C@H](CNc1c(NCCc2ccccc2)c(=O)c1=O)Cc1ccc(O)cc1.C[C@@H](Cc1ccsc1)Nc1c(NC[C@H](Cc2ccc(O)cc2)N(C)C)c(=O)c1=O. The maximum atomic E-state index is 12.1. The fraction of sp³-hybridized carbons (Fsp3) is 0.324. The second kappa shape index (κ2) is 32.0. The van der Waals surface area contributed by atoms with Crippen molar-refractivity contribution in [1.29, 1.82) is 0 Å². The van der Waals surface area contributed by atoms with E-state index in [-0.39, 0.29) is 40.9 Å². The van der Waals surface area contributed by atoms with Crippen LogP contribution >= 0.6 is 11.3 Å². The van der Waals surface area contributed by atoms with E-state index >= 15 is 0 Å². The number of hydrogen-bond acceptors (Lipinski definition) is 17. The highest BCUT2D eigenvalue weighted by molar-refractivity contribution is 7.07. The third-order valence-corrected chi connectivity index (χ3v) is 15.9. The Morgan fingerprint density at radius 1 is 0.488 bits per heavy atom. The molecule has 0 radical (unpaired) electrons. The number of nitrogens with one attached hydrogen (secondary N) is 5. The molecule has 0 spiro atoms. The molecular weight excluding hydrogens is 1100 g/mol. The fourth-order valence-electron chi connectivity index (χ4n) is 9.91. The van der Waals surface area contributed by atoms with E-state index in [0.29, 0.717) is 61.3 Å². The molecule has 86 heavy (non-hydrogen) atoms. The number of hydrogen-bond donors (Lipinski definition) is 8. The zero-order valence-corrected chi connectivity index (χ0v) is 51.0. The molecule has 0 aliphatic carbocycles. The maximum absolute atomic E-state index is 12.1. The van der Waals surface area contributed by atoms with Crippen molar-refractivity contribution in [2.75, 3.05) is 83.2 Å². The molecule has 8 N–H and O–H groups in total. The van der Waals surface area contributed by atoms with Crippen LogP contribution in [0.1, 0.15) is 58.2 Å². The number of phenolic OH excluding ortho intramolecular Hbond substituents is 3. The molecule has 0 saturated heterocycles. The smallest absolute Gasteiger partial charge is 0.253 e. The summed E-state index contributed by atoms with van der Waals surface area (Å²) < 4.78 is 0. The van der Waals surface area contributed by atoms with Gasteiger partial charge in [0, 0.05) is 62.7 Å². The number of rotatable bonds is 28. The quantitative estimate of drug-likeness (QED) is 0.0217. The number of aromatic nitrogens is 2. The second-order valence-corrected chi connectivity index (χ2v) is 23.3. The Morgan fingerprint density at radius 2 is 0.930 bits per heavy atom. The number of aryl methyl sites for hydroxylation is 1. The first kappa shape index (κ1) is 64.9. The molecule has 0 amide bonds. The van der Waals surface area contributed by atoms with Crippen molar-refractivity contribution < 1.29 is 15.3 Å². The van der Waals surface area contributed by atoms with Crippen molar-refractivity contribution in [3.05, 3.63) is 252 Å². The number of benzene rings is 5. The summed E-state index contributed by atoms with van der Waals surface area (Å²) in [6, 6.07) is 45.9. The van der Waals surface area contributed by atoms with Crippen LogP contribution in [0.15, 0.2) is 180 Å². The van der Waals surface area contributed by atoms with E-state index in [1.807, 2.05) is 138 Å². The first-order valence-corrected chi connectivity index (χ1v) is 29.9. The highest BCUT2D eigenvalue weighted by atomic mass is 32.1. The number of likely N-dealkylation sites (N-methyl/N-ethyl adjacent to an activating group) is 3. The van der Waals surface area contributed by atoms with Gasteiger partial charge in [0.05, 0.1) is 5.69 Å². The zero-order chi connectivity index (χ0) is 61.7. The molecule has 4 atom stereocenters. The topological polar surface area (TPSA) is 233 Å². The summed E-state index contributed by atoms with van der Waals surface area (Å²) >= 11 is 1.65. The van der Waals surface area contributed by atoms with Gasteiger partial charge in [-0.2, -0.15) is 11.3 Å². The molecule has 452 valence electrons. The monoisotopic (exact) mass is 1180 g/mol. The minimum absolute atomic E-state index is 0.0510. The summed E-state index contributed by atoms with van der Waals surface area (Å²) in [5.74, 6) is 1.49. The molecule has 0 fully saturated rings. The third kappa shape index (κ3) is 19.7. The van der Waals surface area contributed by atoms with Crippen LogP contribution in [-0.2, 0) is 44.9 Å². The molecule has 0 aliphatic rings. The Hall–Kier alpha value is -8.68. The van der Waals surface area contributed by atoms with Gasteiger partial charge in [0.1, 0.15) is 45.8 Å². The Balaban J connectivity index is 0.000000185. The Labute approximate surface area is 507 Å². The predicted octanol–water partition coefficient (Wildman–Crippen LogP) is 8.08. The molecule has 2 aromatic heterocycles. The van der Waals surface area contributed by atoms with Crippen LogP contribution in [-0.4, -0.2) is 126 Å². The van der Waals surface area contributed by atoms with Gasteiger partial charge >= 0.3 is 0 Å². The van der Waals surface area contributed by atoms with Gasteiger partial charge in [0.15, 0.2) is 0 Å². The zero-order valence-electron chi connectivity index (χ0n) is 50.2. The Morgan fingerprint density at radius 3 is 1.40 bits per heavy atom. The van der Waals surface area contributed by atoms with Crippen molar-refractivity contribution in [2.24, 2.45) is 0 Å². The normalized spacial score (nSPS) is 12.7. The van der Waals surface area contributed by atoms with Crippen molar-refractivity contribution in [3.63, 3.8) is 0 Å². The van der Waals surface area contributed by atoms with Crippen molar-refractivity contribution in [2.45, 2.75) is 82.5 Å². The molecule has 7 aromatic carbocycles. The Kier molecular flexibility index (Phi) is 24.1. The van der Waals surface area contributed by atoms with Gasteiger partial charge in [0.2, 0.25) is 0 Å². The molecule has 17 nitrogen and oxygen atoms in total.